The lowest BCUT2D eigenvalue weighted by Crippen LogP contribution is -2.20. The van der Waals surface area contributed by atoms with Gasteiger partial charge in [0.15, 0.2) is 0 Å². The highest BCUT2D eigenvalue weighted by molar-refractivity contribution is 6.01. The van der Waals surface area contributed by atoms with E-state index in [-0.39, 0.29) is 11.4 Å². The normalized spacial score (nSPS) is 10.7. The second-order valence-electron chi connectivity index (χ2n) is 6.39. The molecule has 0 aliphatic rings. The maximum absolute atomic E-state index is 13.5. The van der Waals surface area contributed by atoms with Gasteiger partial charge in [0.05, 0.1) is 23.0 Å². The van der Waals surface area contributed by atoms with E-state index in [4.69, 9.17) is 0 Å². The minimum absolute atomic E-state index is 0.331. The molecule has 0 saturated carbocycles. The number of nitrogens with zero attached hydrogens (tertiary/aromatic N) is 2. The predicted octanol–water partition coefficient (Wildman–Crippen LogP) is 3.69. The van der Waals surface area contributed by atoms with Gasteiger partial charge in [-0.05, 0) is 42.0 Å². The maximum atomic E-state index is 13.5. The first-order valence-electron chi connectivity index (χ1n) is 8.82. The van der Waals surface area contributed by atoms with Gasteiger partial charge in [0.25, 0.3) is 5.56 Å². The van der Waals surface area contributed by atoms with E-state index in [0.29, 0.717) is 34.3 Å². The van der Waals surface area contributed by atoms with E-state index in [2.05, 4.69) is 25.8 Å². The van der Waals surface area contributed by atoms with Gasteiger partial charge in [-0.3, -0.25) is 9.78 Å². The van der Waals surface area contributed by atoms with E-state index in [0.717, 1.165) is 5.56 Å². The first-order chi connectivity index (χ1) is 14.1. The van der Waals surface area contributed by atoms with Gasteiger partial charge in [-0.15, -0.1) is 0 Å². The van der Waals surface area contributed by atoms with E-state index in [1.54, 1.807) is 48.7 Å². The number of nitrogens with one attached hydrogen (secondary N) is 3. The molecule has 144 valence electrons. The fourth-order valence-corrected chi connectivity index (χ4v) is 3.01. The molecule has 29 heavy (non-hydrogen) atoms. The number of carbonyl (C=O) groups is 1. The zero-order valence-corrected chi connectivity index (χ0v) is 15.1. The van der Waals surface area contributed by atoms with Crippen LogP contribution in [0.15, 0.2) is 71.8 Å². The Kier molecular flexibility index (Phi) is 4.98. The monoisotopic (exact) mass is 389 g/mol. The molecular formula is C21H16FN5O2. The number of anilines is 2. The quantitative estimate of drug-likeness (QED) is 0.496. The molecule has 0 atom stereocenters. The van der Waals surface area contributed by atoms with Crippen LogP contribution in [-0.4, -0.2) is 21.2 Å². The molecule has 4 aromatic rings. The number of halogens is 1. The van der Waals surface area contributed by atoms with Gasteiger partial charge in [0.2, 0.25) is 0 Å². The lowest BCUT2D eigenvalue weighted by atomic mass is 10.0. The van der Waals surface area contributed by atoms with Crippen LogP contribution in [0.25, 0.3) is 10.8 Å². The number of hydrogen-bond donors (Lipinski definition) is 3. The number of pyridine rings is 1. The first kappa shape index (κ1) is 18.3. The number of carbonyl (C=O) groups excluding carboxylic acids is 1. The SMILES string of the molecule is O=C(Nc1cccnc1)Nc1ccc2c(Cc3cccc(F)c3)n[nH]c(=O)c2c1. The minimum Gasteiger partial charge on any atom is -0.308 e. The summed E-state index contributed by atoms with van der Waals surface area (Å²) in [4.78, 5) is 28.3. The average Bonchev–Trinajstić information content (AvgIpc) is 2.71. The average molecular weight is 389 g/mol. The maximum Gasteiger partial charge on any atom is 0.323 e. The predicted molar refractivity (Wildman–Crippen MR) is 108 cm³/mol. The van der Waals surface area contributed by atoms with Crippen LogP contribution in [0.1, 0.15) is 11.3 Å². The molecule has 0 unspecified atom stereocenters. The summed E-state index contributed by atoms with van der Waals surface area (Å²) < 4.78 is 13.5. The second kappa shape index (κ2) is 7.89. The Labute approximate surface area is 164 Å². The summed E-state index contributed by atoms with van der Waals surface area (Å²) in [6, 6.07) is 14.2. The molecule has 3 N–H and O–H groups in total. The highest BCUT2D eigenvalue weighted by atomic mass is 19.1. The molecule has 0 saturated heterocycles. The minimum atomic E-state index is -0.456. The van der Waals surface area contributed by atoms with Crippen molar-refractivity contribution < 1.29 is 9.18 Å². The van der Waals surface area contributed by atoms with Gasteiger partial charge >= 0.3 is 6.03 Å². The summed E-state index contributed by atoms with van der Waals surface area (Å²) in [7, 11) is 0. The summed E-state index contributed by atoms with van der Waals surface area (Å²) in [5.41, 5.74) is 1.97. The number of aromatic amines is 1. The zero-order chi connectivity index (χ0) is 20.2. The molecule has 0 aliphatic heterocycles. The lowest BCUT2D eigenvalue weighted by molar-refractivity contribution is 0.262. The molecule has 7 nitrogen and oxygen atoms in total. The van der Waals surface area contributed by atoms with Crippen LogP contribution in [0.5, 0.6) is 0 Å². The van der Waals surface area contributed by atoms with Gasteiger partial charge in [-0.1, -0.05) is 18.2 Å². The Hall–Kier alpha value is -4.07. The molecular weight excluding hydrogens is 373 g/mol. The van der Waals surface area contributed by atoms with Crippen molar-refractivity contribution in [1.29, 1.82) is 0 Å². The summed E-state index contributed by atoms with van der Waals surface area (Å²) in [5, 5.41) is 12.9. The Balaban J connectivity index is 1.59. The third-order valence-corrected chi connectivity index (χ3v) is 4.31. The fraction of sp³-hybridized carbons (Fsp3) is 0.0476. The number of hydrogen-bond acceptors (Lipinski definition) is 4. The highest BCUT2D eigenvalue weighted by Gasteiger charge is 2.10. The molecule has 2 heterocycles. The molecule has 0 bridgehead atoms. The molecule has 2 aromatic heterocycles. The van der Waals surface area contributed by atoms with Crippen molar-refractivity contribution >= 4 is 28.2 Å². The Morgan fingerprint density at radius 1 is 1.00 bits per heavy atom. The van der Waals surface area contributed by atoms with E-state index < -0.39 is 6.03 Å². The van der Waals surface area contributed by atoms with Crippen LogP contribution in [0.2, 0.25) is 0 Å². The standard InChI is InChI=1S/C21H16FN5O2/c22-14-4-1-3-13(9-14)10-19-17-7-6-15(11-18(17)20(28)27-26-19)24-21(29)25-16-5-2-8-23-12-16/h1-9,11-12H,10H2,(H,27,28)(H2,24,25,29). The van der Waals surface area contributed by atoms with Gasteiger partial charge in [0, 0.05) is 23.7 Å². The summed E-state index contributed by atoms with van der Waals surface area (Å²) in [6.07, 6.45) is 3.49. The third-order valence-electron chi connectivity index (χ3n) is 4.31. The topological polar surface area (TPSA) is 99.8 Å². The van der Waals surface area contributed by atoms with Gasteiger partial charge < -0.3 is 10.6 Å². The van der Waals surface area contributed by atoms with Crippen molar-refractivity contribution in [3.05, 3.63) is 94.4 Å². The molecule has 0 spiro atoms. The van der Waals surface area contributed by atoms with Gasteiger partial charge in [0.1, 0.15) is 5.82 Å². The van der Waals surface area contributed by atoms with E-state index in [1.165, 1.54) is 18.3 Å². The van der Waals surface area contributed by atoms with Crippen molar-refractivity contribution in [2.45, 2.75) is 6.42 Å². The molecule has 0 aliphatic carbocycles. The summed E-state index contributed by atoms with van der Waals surface area (Å²) in [5.74, 6) is -0.331. The number of amides is 2. The number of H-pyrrole nitrogens is 1. The fourth-order valence-electron chi connectivity index (χ4n) is 3.01. The van der Waals surface area contributed by atoms with Gasteiger partial charge in [-0.25, -0.2) is 14.3 Å². The number of rotatable bonds is 4. The molecule has 4 rings (SSSR count). The van der Waals surface area contributed by atoms with Crippen molar-refractivity contribution in [3.63, 3.8) is 0 Å². The number of urea groups is 1. The van der Waals surface area contributed by atoms with Crippen molar-refractivity contribution in [2.24, 2.45) is 0 Å². The van der Waals surface area contributed by atoms with Crippen LogP contribution in [0.3, 0.4) is 0 Å². The summed E-state index contributed by atoms with van der Waals surface area (Å²) in [6.45, 7) is 0. The highest BCUT2D eigenvalue weighted by Crippen LogP contribution is 2.21. The van der Waals surface area contributed by atoms with Crippen LogP contribution < -0.4 is 16.2 Å². The number of benzene rings is 2. The Morgan fingerprint density at radius 3 is 2.66 bits per heavy atom. The first-order valence-corrected chi connectivity index (χ1v) is 8.82. The van der Waals surface area contributed by atoms with E-state index in [1.807, 2.05) is 0 Å². The largest absolute Gasteiger partial charge is 0.323 e. The van der Waals surface area contributed by atoms with Crippen molar-refractivity contribution in [3.8, 4) is 0 Å². The lowest BCUT2D eigenvalue weighted by Gasteiger charge is -2.09. The van der Waals surface area contributed by atoms with Crippen molar-refractivity contribution in [2.75, 3.05) is 10.6 Å². The van der Waals surface area contributed by atoms with Crippen LogP contribution in [0, 0.1) is 5.82 Å². The van der Waals surface area contributed by atoms with Gasteiger partial charge in [-0.2, -0.15) is 5.10 Å². The smallest absolute Gasteiger partial charge is 0.308 e. The Morgan fingerprint density at radius 2 is 1.86 bits per heavy atom. The zero-order valence-electron chi connectivity index (χ0n) is 15.1. The third kappa shape index (κ3) is 4.27. The van der Waals surface area contributed by atoms with Crippen molar-refractivity contribution in [1.82, 2.24) is 15.2 Å². The number of aromatic nitrogens is 3. The second-order valence-corrected chi connectivity index (χ2v) is 6.39. The van der Waals surface area contributed by atoms with E-state index in [9.17, 15) is 14.0 Å². The molecule has 0 radical (unpaired) electrons. The van der Waals surface area contributed by atoms with Crippen LogP contribution in [-0.2, 0) is 6.42 Å². The van der Waals surface area contributed by atoms with Crippen LogP contribution >= 0.6 is 0 Å². The Bertz CT molecular complexity index is 1240. The molecule has 2 aromatic carbocycles. The summed E-state index contributed by atoms with van der Waals surface area (Å²) >= 11 is 0. The molecule has 0 fully saturated rings. The van der Waals surface area contributed by atoms with E-state index >= 15 is 0 Å². The van der Waals surface area contributed by atoms with Crippen LogP contribution in [0.4, 0.5) is 20.6 Å². The molecule has 2 amide bonds. The number of fused-ring (bicyclic) bond motifs is 1. The molecule has 8 heteroatoms.